The molecule has 110 valence electrons. The van der Waals surface area contributed by atoms with Crippen molar-refractivity contribution in [1.29, 1.82) is 0 Å². The van der Waals surface area contributed by atoms with Crippen molar-refractivity contribution in [2.24, 2.45) is 0 Å². The molecule has 0 unspecified atom stereocenters. The SMILES string of the molecule is Cc1ncn(Cc2cc(CNC(C)(C)C)oc2C)c1C. The van der Waals surface area contributed by atoms with Gasteiger partial charge in [-0.25, -0.2) is 4.98 Å². The molecule has 0 fully saturated rings. The molecule has 1 N–H and O–H groups in total. The molecular weight excluding hydrogens is 250 g/mol. The van der Waals surface area contributed by atoms with E-state index in [9.17, 15) is 0 Å². The smallest absolute Gasteiger partial charge is 0.118 e. The van der Waals surface area contributed by atoms with Crippen molar-refractivity contribution >= 4 is 0 Å². The highest BCUT2D eigenvalue weighted by atomic mass is 16.3. The van der Waals surface area contributed by atoms with Gasteiger partial charge in [0.15, 0.2) is 0 Å². The standard InChI is InChI=1S/C16H25N3O/c1-11-12(2)19(10-17-11)9-14-7-15(20-13(14)3)8-18-16(4,5)6/h7,10,18H,8-9H2,1-6H3. The van der Waals surface area contributed by atoms with Crippen LogP contribution in [0.25, 0.3) is 0 Å². The van der Waals surface area contributed by atoms with E-state index >= 15 is 0 Å². The minimum absolute atomic E-state index is 0.0961. The van der Waals surface area contributed by atoms with E-state index in [0.717, 1.165) is 30.3 Å². The third-order valence-electron chi connectivity index (χ3n) is 3.55. The molecule has 0 bridgehead atoms. The fourth-order valence-electron chi connectivity index (χ4n) is 2.07. The highest BCUT2D eigenvalue weighted by Gasteiger charge is 2.13. The molecular formula is C16H25N3O. The maximum Gasteiger partial charge on any atom is 0.118 e. The van der Waals surface area contributed by atoms with Gasteiger partial charge < -0.3 is 14.3 Å². The van der Waals surface area contributed by atoms with Crippen molar-refractivity contribution in [1.82, 2.24) is 14.9 Å². The lowest BCUT2D eigenvalue weighted by Gasteiger charge is -2.19. The van der Waals surface area contributed by atoms with Crippen LogP contribution in [-0.2, 0) is 13.1 Å². The lowest BCUT2D eigenvalue weighted by atomic mass is 10.1. The molecule has 0 amide bonds. The Balaban J connectivity index is 2.10. The summed E-state index contributed by atoms with van der Waals surface area (Å²) >= 11 is 0. The molecule has 4 nitrogen and oxygen atoms in total. The van der Waals surface area contributed by atoms with Gasteiger partial charge in [-0.05, 0) is 47.6 Å². The van der Waals surface area contributed by atoms with Crippen LogP contribution in [-0.4, -0.2) is 15.1 Å². The second kappa shape index (κ2) is 5.44. The van der Waals surface area contributed by atoms with E-state index in [1.165, 1.54) is 11.3 Å². The topological polar surface area (TPSA) is 43.0 Å². The van der Waals surface area contributed by atoms with Crippen LogP contribution >= 0.6 is 0 Å². The van der Waals surface area contributed by atoms with Gasteiger partial charge in [0.1, 0.15) is 11.5 Å². The molecule has 0 aliphatic carbocycles. The minimum atomic E-state index is 0.0961. The first kappa shape index (κ1) is 14.9. The van der Waals surface area contributed by atoms with E-state index in [0.29, 0.717) is 0 Å². The zero-order valence-corrected chi connectivity index (χ0v) is 13.4. The third kappa shape index (κ3) is 3.51. The summed E-state index contributed by atoms with van der Waals surface area (Å²) < 4.78 is 7.99. The Labute approximate surface area is 121 Å². The first-order valence-electron chi connectivity index (χ1n) is 7.08. The number of aromatic nitrogens is 2. The van der Waals surface area contributed by atoms with Crippen LogP contribution in [0.2, 0.25) is 0 Å². The third-order valence-corrected chi connectivity index (χ3v) is 3.55. The number of hydrogen-bond donors (Lipinski definition) is 1. The normalized spacial score (nSPS) is 12.1. The molecule has 0 saturated heterocycles. The average Bonchev–Trinajstić information content (AvgIpc) is 2.84. The molecule has 2 heterocycles. The van der Waals surface area contributed by atoms with Crippen LogP contribution in [0.4, 0.5) is 0 Å². The maximum atomic E-state index is 5.83. The monoisotopic (exact) mass is 275 g/mol. The van der Waals surface area contributed by atoms with Gasteiger partial charge in [-0.2, -0.15) is 0 Å². The Morgan fingerprint density at radius 2 is 1.95 bits per heavy atom. The molecule has 0 radical (unpaired) electrons. The van der Waals surface area contributed by atoms with Crippen molar-refractivity contribution in [2.45, 2.75) is 60.2 Å². The number of nitrogens with zero attached hydrogens (tertiary/aromatic N) is 2. The Kier molecular flexibility index (Phi) is 4.04. The number of imidazole rings is 1. The molecule has 0 aromatic carbocycles. The number of hydrogen-bond acceptors (Lipinski definition) is 3. The molecule has 2 aromatic heterocycles. The van der Waals surface area contributed by atoms with E-state index in [2.05, 4.69) is 48.6 Å². The molecule has 0 saturated carbocycles. The van der Waals surface area contributed by atoms with Gasteiger partial charge in [0.05, 0.1) is 25.1 Å². The fourth-order valence-corrected chi connectivity index (χ4v) is 2.07. The summed E-state index contributed by atoms with van der Waals surface area (Å²) in [7, 11) is 0. The molecule has 2 aromatic rings. The highest BCUT2D eigenvalue weighted by Crippen LogP contribution is 2.18. The summed E-state index contributed by atoms with van der Waals surface area (Å²) in [5, 5.41) is 3.45. The van der Waals surface area contributed by atoms with E-state index in [1.54, 1.807) is 0 Å². The Hall–Kier alpha value is -1.55. The summed E-state index contributed by atoms with van der Waals surface area (Å²) in [5.41, 5.74) is 3.61. The van der Waals surface area contributed by atoms with E-state index < -0.39 is 0 Å². The van der Waals surface area contributed by atoms with Gasteiger partial charge in [0, 0.05) is 16.8 Å². The summed E-state index contributed by atoms with van der Waals surface area (Å²) in [6.07, 6.45) is 1.89. The number of nitrogens with one attached hydrogen (secondary N) is 1. The maximum absolute atomic E-state index is 5.83. The Morgan fingerprint density at radius 1 is 1.25 bits per heavy atom. The fraction of sp³-hybridized carbons (Fsp3) is 0.562. The molecule has 2 rings (SSSR count). The number of furan rings is 1. The van der Waals surface area contributed by atoms with Crippen LogP contribution in [0.1, 0.15) is 49.2 Å². The molecule has 0 atom stereocenters. The van der Waals surface area contributed by atoms with Gasteiger partial charge in [-0.1, -0.05) is 0 Å². The van der Waals surface area contributed by atoms with Crippen molar-refractivity contribution in [3.63, 3.8) is 0 Å². The molecule has 4 heteroatoms. The second-order valence-electron chi connectivity index (χ2n) is 6.44. The lowest BCUT2D eigenvalue weighted by Crippen LogP contribution is -2.34. The zero-order valence-electron chi connectivity index (χ0n) is 13.4. The predicted molar refractivity (Wildman–Crippen MR) is 80.8 cm³/mol. The first-order valence-corrected chi connectivity index (χ1v) is 7.08. The van der Waals surface area contributed by atoms with E-state index in [1.807, 2.05) is 20.2 Å². The number of aryl methyl sites for hydroxylation is 2. The van der Waals surface area contributed by atoms with Crippen LogP contribution in [0.3, 0.4) is 0 Å². The zero-order chi connectivity index (χ0) is 14.9. The van der Waals surface area contributed by atoms with Crippen molar-refractivity contribution in [3.8, 4) is 0 Å². The quantitative estimate of drug-likeness (QED) is 0.930. The van der Waals surface area contributed by atoms with Crippen molar-refractivity contribution in [2.75, 3.05) is 0 Å². The van der Waals surface area contributed by atoms with Crippen LogP contribution < -0.4 is 5.32 Å². The van der Waals surface area contributed by atoms with Gasteiger partial charge in [-0.15, -0.1) is 0 Å². The highest BCUT2D eigenvalue weighted by molar-refractivity contribution is 5.22. The second-order valence-corrected chi connectivity index (χ2v) is 6.44. The van der Waals surface area contributed by atoms with Gasteiger partial charge in [0.2, 0.25) is 0 Å². The van der Waals surface area contributed by atoms with E-state index in [4.69, 9.17) is 4.42 Å². The molecule has 0 spiro atoms. The van der Waals surface area contributed by atoms with Gasteiger partial charge in [0.25, 0.3) is 0 Å². The van der Waals surface area contributed by atoms with E-state index in [-0.39, 0.29) is 5.54 Å². The van der Waals surface area contributed by atoms with Crippen LogP contribution in [0.5, 0.6) is 0 Å². The summed E-state index contributed by atoms with van der Waals surface area (Å²) in [4.78, 5) is 4.34. The first-order chi connectivity index (χ1) is 9.26. The molecule has 20 heavy (non-hydrogen) atoms. The van der Waals surface area contributed by atoms with Crippen LogP contribution in [0, 0.1) is 20.8 Å². The lowest BCUT2D eigenvalue weighted by molar-refractivity contribution is 0.382. The van der Waals surface area contributed by atoms with Gasteiger partial charge in [-0.3, -0.25) is 0 Å². The summed E-state index contributed by atoms with van der Waals surface area (Å²) in [5.74, 6) is 1.98. The van der Waals surface area contributed by atoms with Gasteiger partial charge >= 0.3 is 0 Å². The Bertz CT molecular complexity index is 587. The molecule has 0 aliphatic rings. The minimum Gasteiger partial charge on any atom is -0.465 e. The van der Waals surface area contributed by atoms with Crippen molar-refractivity contribution in [3.05, 3.63) is 40.9 Å². The largest absolute Gasteiger partial charge is 0.465 e. The number of rotatable bonds is 4. The van der Waals surface area contributed by atoms with Crippen LogP contribution in [0.15, 0.2) is 16.8 Å². The average molecular weight is 275 g/mol. The molecule has 0 aliphatic heterocycles. The van der Waals surface area contributed by atoms with Crippen molar-refractivity contribution < 1.29 is 4.42 Å². The summed E-state index contributed by atoms with van der Waals surface area (Å²) in [6, 6.07) is 2.14. The Morgan fingerprint density at radius 3 is 2.50 bits per heavy atom. The summed E-state index contributed by atoms with van der Waals surface area (Å²) in [6.45, 7) is 14.2. The predicted octanol–water partition coefficient (Wildman–Crippen LogP) is 3.34.